The number of nitrogens with zero attached hydrogens (tertiary/aromatic N) is 3. The smallest absolute Gasteiger partial charge is 0.276 e. The lowest BCUT2D eigenvalue weighted by Crippen LogP contribution is -2.56. The molecule has 4 rings (SSSR count). The van der Waals surface area contributed by atoms with Crippen LogP contribution in [0.15, 0.2) is 18.3 Å². The minimum Gasteiger partial charge on any atom is -0.311 e. The average Bonchev–Trinajstić information content (AvgIpc) is 2.78. The maximum atomic E-state index is 12.5. The van der Waals surface area contributed by atoms with E-state index >= 15 is 0 Å². The van der Waals surface area contributed by atoms with Gasteiger partial charge in [-0.25, -0.2) is 5.14 Å². The van der Waals surface area contributed by atoms with Gasteiger partial charge < -0.3 is 4.90 Å². The molecule has 1 saturated heterocycles. The first-order valence-electron chi connectivity index (χ1n) is 8.21. The highest BCUT2D eigenvalue weighted by atomic mass is 32.2. The van der Waals surface area contributed by atoms with Crippen molar-refractivity contribution in [3.63, 3.8) is 0 Å². The van der Waals surface area contributed by atoms with Crippen molar-refractivity contribution >= 4 is 32.7 Å². The fourth-order valence-electron chi connectivity index (χ4n) is 3.61. The number of benzene rings is 1. The molecule has 0 spiro atoms. The molecule has 0 atom stereocenters. The molecule has 0 aliphatic carbocycles. The molecule has 132 valence electrons. The zero-order valence-corrected chi connectivity index (χ0v) is 15.0. The number of fused-ring (bicyclic) bond motifs is 3. The van der Waals surface area contributed by atoms with Gasteiger partial charge in [-0.2, -0.15) is 12.7 Å². The highest BCUT2D eigenvalue weighted by Gasteiger charge is 2.38. The normalized spacial score (nSPS) is 18.7. The third-order valence-electron chi connectivity index (χ3n) is 5.17. The topological polar surface area (TPSA) is 96.6 Å². The third-order valence-corrected chi connectivity index (χ3v) is 6.19. The van der Waals surface area contributed by atoms with Crippen LogP contribution in [-0.2, 0) is 21.4 Å². The van der Waals surface area contributed by atoms with Crippen molar-refractivity contribution in [2.45, 2.75) is 20.3 Å². The van der Waals surface area contributed by atoms with Crippen LogP contribution in [0.4, 0.5) is 5.69 Å². The molecule has 0 bridgehead atoms. The lowest BCUT2D eigenvalue weighted by atomic mass is 10.0. The van der Waals surface area contributed by atoms with Gasteiger partial charge in [-0.05, 0) is 37.1 Å². The quantitative estimate of drug-likeness (QED) is 0.878. The summed E-state index contributed by atoms with van der Waals surface area (Å²) in [4.78, 5) is 18.8. The lowest BCUT2D eigenvalue weighted by molar-refractivity contribution is -0.117. The monoisotopic (exact) mass is 360 g/mol. The molecule has 3 heterocycles. The molecule has 8 heteroatoms. The summed E-state index contributed by atoms with van der Waals surface area (Å²) >= 11 is 0. The Morgan fingerprint density at radius 2 is 1.92 bits per heavy atom. The summed E-state index contributed by atoms with van der Waals surface area (Å²) in [7, 11) is -3.63. The molecule has 25 heavy (non-hydrogen) atoms. The van der Waals surface area contributed by atoms with Crippen LogP contribution in [0.2, 0.25) is 0 Å². The fourth-order valence-corrected chi connectivity index (χ4v) is 4.44. The van der Waals surface area contributed by atoms with Crippen molar-refractivity contribution in [2.24, 2.45) is 11.1 Å². The van der Waals surface area contributed by atoms with E-state index in [2.05, 4.69) is 11.1 Å². The molecule has 2 aromatic rings. The Balaban J connectivity index is 1.67. The SMILES string of the molecule is Cc1cc2ncc3c(c2cc1C)N(CC1CN(S(N)(=O)=O)C1)C(=O)C3. The Labute approximate surface area is 146 Å². The molecule has 1 aromatic carbocycles. The molecule has 2 aliphatic rings. The highest BCUT2D eigenvalue weighted by molar-refractivity contribution is 7.86. The number of anilines is 1. The number of nitrogens with two attached hydrogens (primary N) is 1. The van der Waals surface area contributed by atoms with Crippen LogP contribution in [0.25, 0.3) is 10.9 Å². The lowest BCUT2D eigenvalue weighted by Gasteiger charge is -2.38. The second-order valence-corrected chi connectivity index (χ2v) is 8.54. The largest absolute Gasteiger partial charge is 0.311 e. The first kappa shape index (κ1) is 16.4. The van der Waals surface area contributed by atoms with Crippen molar-refractivity contribution in [3.8, 4) is 0 Å². The van der Waals surface area contributed by atoms with E-state index in [1.54, 1.807) is 11.1 Å². The number of carbonyl (C=O) groups excluding carboxylic acids is 1. The van der Waals surface area contributed by atoms with Gasteiger partial charge >= 0.3 is 0 Å². The van der Waals surface area contributed by atoms with Crippen LogP contribution in [0.5, 0.6) is 0 Å². The number of amides is 1. The predicted molar refractivity (Wildman–Crippen MR) is 95.4 cm³/mol. The molecule has 2 aliphatic heterocycles. The molecular formula is C17H20N4O3S. The summed E-state index contributed by atoms with van der Waals surface area (Å²) in [6.07, 6.45) is 2.12. The zero-order chi connectivity index (χ0) is 17.9. The average molecular weight is 360 g/mol. The van der Waals surface area contributed by atoms with Crippen molar-refractivity contribution in [1.29, 1.82) is 0 Å². The van der Waals surface area contributed by atoms with Gasteiger partial charge in [0.15, 0.2) is 0 Å². The van der Waals surface area contributed by atoms with Gasteiger partial charge in [0.2, 0.25) is 5.91 Å². The van der Waals surface area contributed by atoms with Crippen molar-refractivity contribution in [2.75, 3.05) is 24.5 Å². The summed E-state index contributed by atoms with van der Waals surface area (Å²) in [6.45, 7) is 5.32. The van der Waals surface area contributed by atoms with E-state index in [0.29, 0.717) is 26.1 Å². The van der Waals surface area contributed by atoms with Gasteiger partial charge in [0, 0.05) is 42.7 Å². The molecular weight excluding hydrogens is 340 g/mol. The van der Waals surface area contributed by atoms with E-state index in [0.717, 1.165) is 27.7 Å². The summed E-state index contributed by atoms with van der Waals surface area (Å²) < 4.78 is 23.9. The number of hydrogen-bond acceptors (Lipinski definition) is 4. The molecule has 0 unspecified atom stereocenters. The summed E-state index contributed by atoms with van der Waals surface area (Å²) in [5.41, 5.74) is 5.06. The maximum absolute atomic E-state index is 12.5. The van der Waals surface area contributed by atoms with Gasteiger partial charge in [0.05, 0.1) is 17.6 Å². The number of carbonyl (C=O) groups is 1. The second-order valence-electron chi connectivity index (χ2n) is 6.99. The van der Waals surface area contributed by atoms with E-state index in [9.17, 15) is 13.2 Å². The number of pyridine rings is 1. The number of hydrogen-bond donors (Lipinski definition) is 1. The van der Waals surface area contributed by atoms with Gasteiger partial charge in [0.25, 0.3) is 10.2 Å². The van der Waals surface area contributed by atoms with Crippen molar-refractivity contribution < 1.29 is 13.2 Å². The summed E-state index contributed by atoms with van der Waals surface area (Å²) in [6, 6.07) is 4.12. The maximum Gasteiger partial charge on any atom is 0.276 e. The zero-order valence-electron chi connectivity index (χ0n) is 14.2. The van der Waals surface area contributed by atoms with Crippen LogP contribution in [-0.4, -0.2) is 43.2 Å². The van der Waals surface area contributed by atoms with Crippen LogP contribution >= 0.6 is 0 Å². The number of aryl methyl sites for hydroxylation is 2. The summed E-state index contributed by atoms with van der Waals surface area (Å²) in [5, 5.41) is 6.11. The van der Waals surface area contributed by atoms with Gasteiger partial charge in [-0.3, -0.25) is 9.78 Å². The fraction of sp³-hybridized carbons (Fsp3) is 0.412. The Kier molecular flexibility index (Phi) is 3.61. The van der Waals surface area contributed by atoms with Gasteiger partial charge in [0.1, 0.15) is 0 Å². The van der Waals surface area contributed by atoms with Crippen LogP contribution in [0.3, 0.4) is 0 Å². The molecule has 2 N–H and O–H groups in total. The first-order chi connectivity index (χ1) is 11.7. The van der Waals surface area contributed by atoms with Crippen LogP contribution in [0.1, 0.15) is 16.7 Å². The van der Waals surface area contributed by atoms with E-state index in [-0.39, 0.29) is 11.8 Å². The minimum atomic E-state index is -3.63. The Hall–Kier alpha value is -2.03. The Bertz CT molecular complexity index is 997. The van der Waals surface area contributed by atoms with Crippen LogP contribution < -0.4 is 10.0 Å². The van der Waals surface area contributed by atoms with Crippen molar-refractivity contribution in [1.82, 2.24) is 9.29 Å². The Morgan fingerprint density at radius 3 is 2.60 bits per heavy atom. The molecule has 1 amide bonds. The van der Waals surface area contributed by atoms with Crippen molar-refractivity contribution in [3.05, 3.63) is 35.0 Å². The molecule has 1 aromatic heterocycles. The van der Waals surface area contributed by atoms with E-state index in [1.807, 2.05) is 19.9 Å². The third kappa shape index (κ3) is 2.70. The molecule has 7 nitrogen and oxygen atoms in total. The minimum absolute atomic E-state index is 0.0385. The van der Waals surface area contributed by atoms with E-state index < -0.39 is 10.2 Å². The highest BCUT2D eigenvalue weighted by Crippen LogP contribution is 2.37. The van der Waals surface area contributed by atoms with E-state index in [4.69, 9.17) is 5.14 Å². The van der Waals surface area contributed by atoms with Gasteiger partial charge in [-0.1, -0.05) is 0 Å². The molecule has 0 radical (unpaired) electrons. The molecule has 0 saturated carbocycles. The number of aromatic nitrogens is 1. The predicted octanol–water partition coefficient (Wildman–Crippen LogP) is 0.876. The van der Waals surface area contributed by atoms with E-state index in [1.165, 1.54) is 9.87 Å². The Morgan fingerprint density at radius 1 is 1.24 bits per heavy atom. The second kappa shape index (κ2) is 5.48. The first-order valence-corrected chi connectivity index (χ1v) is 9.71. The number of rotatable bonds is 3. The van der Waals surface area contributed by atoms with Gasteiger partial charge in [-0.15, -0.1) is 0 Å². The standard InChI is InChI=1S/C17H20N4O3S/c1-10-3-14-15(4-11(10)2)19-6-13-5-16(22)21(17(13)14)9-12-7-20(8-12)25(18,23)24/h3-4,6,12H,5,7-9H2,1-2H3,(H2,18,23,24). The van der Waals surface area contributed by atoms with Crippen LogP contribution in [0, 0.1) is 19.8 Å². The molecule has 1 fully saturated rings. The summed E-state index contributed by atoms with van der Waals surface area (Å²) in [5.74, 6) is 0.138.